The van der Waals surface area contributed by atoms with Crippen LogP contribution in [0.3, 0.4) is 0 Å². The second-order valence-corrected chi connectivity index (χ2v) is 6.44. The SMILES string of the molecule is Nc1c(NNC(=O)c2ccco2)ncnc1NC(c1ccccc1)c1ccccc1. The van der Waals surface area contributed by atoms with Gasteiger partial charge in [-0.15, -0.1) is 0 Å². The highest BCUT2D eigenvalue weighted by Crippen LogP contribution is 2.30. The number of amides is 1. The Morgan fingerprint density at radius 3 is 2.10 bits per heavy atom. The van der Waals surface area contributed by atoms with E-state index in [1.807, 2.05) is 60.7 Å². The second-order valence-electron chi connectivity index (χ2n) is 6.44. The van der Waals surface area contributed by atoms with Gasteiger partial charge < -0.3 is 15.5 Å². The Morgan fingerprint density at radius 2 is 1.50 bits per heavy atom. The molecule has 0 radical (unpaired) electrons. The number of aromatic nitrogens is 2. The number of rotatable bonds is 7. The molecule has 0 saturated carbocycles. The summed E-state index contributed by atoms with van der Waals surface area (Å²) in [5.74, 6) is 0.436. The number of anilines is 3. The molecule has 0 saturated heterocycles. The number of carbonyl (C=O) groups excluding carboxylic acids is 1. The van der Waals surface area contributed by atoms with Crippen molar-refractivity contribution in [2.24, 2.45) is 0 Å². The molecule has 1 amide bonds. The van der Waals surface area contributed by atoms with Crippen LogP contribution >= 0.6 is 0 Å². The highest BCUT2D eigenvalue weighted by atomic mass is 16.3. The Balaban J connectivity index is 1.57. The van der Waals surface area contributed by atoms with Crippen LogP contribution in [0.25, 0.3) is 0 Å². The molecule has 0 bridgehead atoms. The molecule has 2 aromatic carbocycles. The molecule has 4 rings (SSSR count). The summed E-state index contributed by atoms with van der Waals surface area (Å²) in [5, 5.41) is 3.39. The average Bonchev–Trinajstić information content (AvgIpc) is 3.34. The average molecular weight is 400 g/mol. The first-order chi connectivity index (χ1) is 14.7. The highest BCUT2D eigenvalue weighted by Gasteiger charge is 2.18. The van der Waals surface area contributed by atoms with Crippen molar-refractivity contribution in [3.05, 3.63) is 102 Å². The van der Waals surface area contributed by atoms with Gasteiger partial charge in [-0.25, -0.2) is 9.97 Å². The molecule has 0 aliphatic carbocycles. The standard InChI is InChI=1S/C22H20N6O2/c23-18-20(24-14-25-21(18)27-28-22(29)17-12-7-13-30-17)26-19(15-8-3-1-4-9-15)16-10-5-2-6-11-16/h1-14,19H,23H2,(H,28,29)(H2,24,25,26,27). The van der Waals surface area contributed by atoms with Crippen LogP contribution in [-0.4, -0.2) is 15.9 Å². The van der Waals surface area contributed by atoms with Crippen molar-refractivity contribution >= 4 is 23.2 Å². The monoisotopic (exact) mass is 400 g/mol. The van der Waals surface area contributed by atoms with E-state index in [1.54, 1.807) is 12.1 Å². The first kappa shape index (κ1) is 19.0. The summed E-state index contributed by atoms with van der Waals surface area (Å²) in [4.78, 5) is 20.5. The lowest BCUT2D eigenvalue weighted by atomic mass is 9.99. The van der Waals surface area contributed by atoms with Gasteiger partial charge in [0, 0.05) is 0 Å². The topological polar surface area (TPSA) is 118 Å². The van der Waals surface area contributed by atoms with E-state index in [0.29, 0.717) is 5.82 Å². The molecule has 0 aliphatic heterocycles. The summed E-state index contributed by atoms with van der Waals surface area (Å²) in [5.41, 5.74) is 13.9. The second kappa shape index (κ2) is 8.78. The zero-order chi connectivity index (χ0) is 20.8. The van der Waals surface area contributed by atoms with Crippen molar-refractivity contribution in [2.75, 3.05) is 16.5 Å². The summed E-state index contributed by atoms with van der Waals surface area (Å²) in [6, 6.07) is 23.0. The van der Waals surface area contributed by atoms with Crippen molar-refractivity contribution in [2.45, 2.75) is 6.04 Å². The number of hydrazine groups is 1. The number of carbonyl (C=O) groups is 1. The molecule has 4 aromatic rings. The lowest BCUT2D eigenvalue weighted by Gasteiger charge is -2.22. The molecular formula is C22H20N6O2. The van der Waals surface area contributed by atoms with E-state index in [9.17, 15) is 4.79 Å². The Morgan fingerprint density at radius 1 is 0.867 bits per heavy atom. The number of nitrogens with two attached hydrogens (primary N) is 1. The van der Waals surface area contributed by atoms with Gasteiger partial charge in [0.2, 0.25) is 0 Å². The smallest absolute Gasteiger partial charge is 0.305 e. The minimum Gasteiger partial charge on any atom is -0.459 e. The highest BCUT2D eigenvalue weighted by molar-refractivity contribution is 5.92. The van der Waals surface area contributed by atoms with Crippen LogP contribution in [0.4, 0.5) is 17.3 Å². The lowest BCUT2D eigenvalue weighted by molar-refractivity contribution is 0.0935. The number of hydrogen-bond acceptors (Lipinski definition) is 7. The molecule has 0 unspecified atom stereocenters. The number of nitrogens with zero attached hydrogens (tertiary/aromatic N) is 2. The van der Waals surface area contributed by atoms with Crippen molar-refractivity contribution in [1.29, 1.82) is 0 Å². The predicted molar refractivity (Wildman–Crippen MR) is 115 cm³/mol. The minimum absolute atomic E-state index is 0.168. The number of nitrogens with one attached hydrogen (secondary N) is 3. The van der Waals surface area contributed by atoms with Gasteiger partial charge in [-0.3, -0.25) is 15.6 Å². The maximum absolute atomic E-state index is 12.1. The molecule has 30 heavy (non-hydrogen) atoms. The molecule has 8 heteroatoms. The lowest BCUT2D eigenvalue weighted by Crippen LogP contribution is -2.30. The third kappa shape index (κ3) is 4.22. The number of hydrogen-bond donors (Lipinski definition) is 4. The third-order valence-corrected chi connectivity index (χ3v) is 4.47. The van der Waals surface area contributed by atoms with Crippen LogP contribution in [0.5, 0.6) is 0 Å². The molecular weight excluding hydrogens is 380 g/mol. The minimum atomic E-state index is -0.445. The number of benzene rings is 2. The first-order valence-electron chi connectivity index (χ1n) is 9.29. The largest absolute Gasteiger partial charge is 0.459 e. The Labute approximate surface area is 173 Å². The predicted octanol–water partition coefficient (Wildman–Crippen LogP) is 3.61. The summed E-state index contributed by atoms with van der Waals surface area (Å²) in [6.45, 7) is 0. The first-order valence-corrected chi connectivity index (χ1v) is 9.29. The van der Waals surface area contributed by atoms with Crippen LogP contribution in [0, 0.1) is 0 Å². The van der Waals surface area contributed by atoms with E-state index in [0.717, 1.165) is 11.1 Å². The Kier molecular flexibility index (Phi) is 5.56. The van der Waals surface area contributed by atoms with Gasteiger partial charge in [-0.2, -0.15) is 0 Å². The van der Waals surface area contributed by atoms with E-state index in [4.69, 9.17) is 10.2 Å². The van der Waals surface area contributed by atoms with Crippen molar-refractivity contribution < 1.29 is 9.21 Å². The molecule has 2 aromatic heterocycles. The third-order valence-electron chi connectivity index (χ3n) is 4.47. The van der Waals surface area contributed by atoms with Crippen LogP contribution in [0.15, 0.2) is 89.8 Å². The molecule has 0 spiro atoms. The fourth-order valence-electron chi connectivity index (χ4n) is 2.98. The van der Waals surface area contributed by atoms with Crippen LogP contribution in [0.1, 0.15) is 27.7 Å². The molecule has 0 aliphatic rings. The molecule has 0 fully saturated rings. The summed E-state index contributed by atoms with van der Waals surface area (Å²) < 4.78 is 5.06. The van der Waals surface area contributed by atoms with Gasteiger partial charge in [0.25, 0.3) is 0 Å². The van der Waals surface area contributed by atoms with Gasteiger partial charge in [-0.05, 0) is 23.3 Å². The van der Waals surface area contributed by atoms with Gasteiger partial charge in [0.1, 0.15) is 12.0 Å². The van der Waals surface area contributed by atoms with Crippen LogP contribution in [-0.2, 0) is 0 Å². The van der Waals surface area contributed by atoms with E-state index in [2.05, 4.69) is 26.1 Å². The normalized spacial score (nSPS) is 10.6. The maximum Gasteiger partial charge on any atom is 0.305 e. The fourth-order valence-corrected chi connectivity index (χ4v) is 2.98. The zero-order valence-corrected chi connectivity index (χ0v) is 15.9. The van der Waals surface area contributed by atoms with Gasteiger partial charge in [0.05, 0.1) is 12.3 Å². The summed E-state index contributed by atoms with van der Waals surface area (Å²) >= 11 is 0. The Hall–Kier alpha value is -4.33. The van der Waals surface area contributed by atoms with E-state index in [-0.39, 0.29) is 23.3 Å². The van der Waals surface area contributed by atoms with Gasteiger partial charge in [-0.1, -0.05) is 60.7 Å². The van der Waals surface area contributed by atoms with E-state index >= 15 is 0 Å². The Bertz CT molecular complexity index is 1060. The molecule has 0 atom stereocenters. The molecule has 2 heterocycles. The number of furan rings is 1. The summed E-state index contributed by atoms with van der Waals surface area (Å²) in [7, 11) is 0. The quantitative estimate of drug-likeness (QED) is 0.350. The van der Waals surface area contributed by atoms with Gasteiger partial charge in [0.15, 0.2) is 17.4 Å². The van der Waals surface area contributed by atoms with Crippen molar-refractivity contribution in [3.63, 3.8) is 0 Å². The van der Waals surface area contributed by atoms with Crippen molar-refractivity contribution in [1.82, 2.24) is 15.4 Å². The van der Waals surface area contributed by atoms with E-state index in [1.165, 1.54) is 12.6 Å². The maximum atomic E-state index is 12.1. The van der Waals surface area contributed by atoms with Crippen LogP contribution in [0.2, 0.25) is 0 Å². The fraction of sp³-hybridized carbons (Fsp3) is 0.0455. The zero-order valence-electron chi connectivity index (χ0n) is 15.9. The molecule has 150 valence electrons. The molecule has 8 nitrogen and oxygen atoms in total. The van der Waals surface area contributed by atoms with Crippen molar-refractivity contribution in [3.8, 4) is 0 Å². The van der Waals surface area contributed by atoms with Gasteiger partial charge >= 0.3 is 5.91 Å². The molecule has 5 N–H and O–H groups in total. The summed E-state index contributed by atoms with van der Waals surface area (Å²) in [6.07, 6.45) is 2.79. The number of nitrogen functional groups attached to an aromatic ring is 1. The van der Waals surface area contributed by atoms with Crippen LogP contribution < -0.4 is 21.9 Å². The van der Waals surface area contributed by atoms with E-state index < -0.39 is 5.91 Å².